The third kappa shape index (κ3) is 3.49. The van der Waals surface area contributed by atoms with Crippen molar-refractivity contribution in [3.05, 3.63) is 58.6 Å². The lowest BCUT2D eigenvalue weighted by molar-refractivity contribution is 0.334. The Morgan fingerprint density at radius 1 is 1.14 bits per heavy atom. The van der Waals surface area contributed by atoms with Crippen molar-refractivity contribution in [1.29, 1.82) is 0 Å². The summed E-state index contributed by atoms with van der Waals surface area (Å²) in [4.78, 5) is 0. The Morgan fingerprint density at radius 2 is 1.90 bits per heavy atom. The van der Waals surface area contributed by atoms with Crippen molar-refractivity contribution in [3.63, 3.8) is 0 Å². The van der Waals surface area contributed by atoms with E-state index in [1.165, 1.54) is 0 Å². The molecule has 2 rings (SSSR count). The van der Waals surface area contributed by atoms with Crippen LogP contribution in [0.4, 0.5) is 0 Å². The normalized spacial score (nSPS) is 12.0. The molecule has 0 amide bonds. The molecule has 0 spiro atoms. The largest absolute Gasteiger partial charge is 0.495 e. The number of rotatable bonds is 6. The van der Waals surface area contributed by atoms with Gasteiger partial charge in [-0.05, 0) is 37.7 Å². The quantitative estimate of drug-likeness (QED) is 0.873. The van der Waals surface area contributed by atoms with Gasteiger partial charge in [-0.1, -0.05) is 35.9 Å². The van der Waals surface area contributed by atoms with Gasteiger partial charge in [-0.3, -0.25) is 0 Å². The van der Waals surface area contributed by atoms with Gasteiger partial charge in [-0.15, -0.1) is 0 Å². The van der Waals surface area contributed by atoms with Crippen molar-refractivity contribution in [2.45, 2.75) is 13.0 Å². The molecule has 0 aromatic heterocycles. The van der Waals surface area contributed by atoms with Gasteiger partial charge in [0, 0.05) is 5.56 Å². The Hall–Kier alpha value is -1.71. The highest BCUT2D eigenvalue weighted by Crippen LogP contribution is 2.33. The molecule has 0 fully saturated rings. The molecule has 0 heterocycles. The van der Waals surface area contributed by atoms with Gasteiger partial charge in [-0.25, -0.2) is 0 Å². The van der Waals surface area contributed by atoms with E-state index in [0.717, 1.165) is 16.9 Å². The van der Waals surface area contributed by atoms with Crippen LogP contribution in [0.2, 0.25) is 5.02 Å². The maximum Gasteiger partial charge on any atom is 0.137 e. The molecule has 1 N–H and O–H groups in total. The zero-order valence-corrected chi connectivity index (χ0v) is 13.3. The standard InChI is InChI=1S/C17H20ClNO2/c1-4-21-15-8-6-5-7-13(15)17(19-2)12-9-10-14(18)16(11-12)20-3/h5-11,17,19H,4H2,1-3H3. The molecule has 2 aromatic carbocycles. The number of methoxy groups -OCH3 is 1. The van der Waals surface area contributed by atoms with Crippen molar-refractivity contribution in [3.8, 4) is 11.5 Å². The monoisotopic (exact) mass is 305 g/mol. The molecule has 0 radical (unpaired) electrons. The average Bonchev–Trinajstić information content (AvgIpc) is 2.51. The number of hydrogen-bond acceptors (Lipinski definition) is 3. The first-order valence-corrected chi connectivity index (χ1v) is 7.31. The van der Waals surface area contributed by atoms with E-state index in [2.05, 4.69) is 11.4 Å². The zero-order chi connectivity index (χ0) is 15.2. The minimum atomic E-state index is 0.0129. The van der Waals surface area contributed by atoms with Crippen LogP contribution in [0.25, 0.3) is 0 Å². The summed E-state index contributed by atoms with van der Waals surface area (Å²) in [5.41, 5.74) is 2.16. The van der Waals surface area contributed by atoms with E-state index in [-0.39, 0.29) is 6.04 Å². The minimum absolute atomic E-state index is 0.0129. The molecule has 0 aliphatic carbocycles. The van der Waals surface area contributed by atoms with E-state index in [1.54, 1.807) is 7.11 Å². The molecule has 112 valence electrons. The fraction of sp³-hybridized carbons (Fsp3) is 0.294. The second-order valence-corrected chi connectivity index (χ2v) is 4.99. The molecule has 21 heavy (non-hydrogen) atoms. The maximum absolute atomic E-state index is 6.10. The lowest BCUT2D eigenvalue weighted by Gasteiger charge is -2.21. The zero-order valence-electron chi connectivity index (χ0n) is 12.5. The van der Waals surface area contributed by atoms with E-state index >= 15 is 0 Å². The molecule has 0 bridgehead atoms. The highest BCUT2D eigenvalue weighted by atomic mass is 35.5. The van der Waals surface area contributed by atoms with Gasteiger partial charge in [0.05, 0.1) is 24.8 Å². The van der Waals surface area contributed by atoms with Gasteiger partial charge in [-0.2, -0.15) is 0 Å². The van der Waals surface area contributed by atoms with Crippen LogP contribution in [0.1, 0.15) is 24.1 Å². The second-order valence-electron chi connectivity index (χ2n) is 4.59. The fourth-order valence-electron chi connectivity index (χ4n) is 2.36. The molecule has 0 saturated carbocycles. The Kier molecular flexibility index (Phi) is 5.48. The number of nitrogens with one attached hydrogen (secondary N) is 1. The van der Waals surface area contributed by atoms with Crippen molar-refractivity contribution in [2.24, 2.45) is 0 Å². The summed E-state index contributed by atoms with van der Waals surface area (Å²) >= 11 is 6.10. The summed E-state index contributed by atoms with van der Waals surface area (Å²) in [7, 11) is 3.54. The Morgan fingerprint density at radius 3 is 2.57 bits per heavy atom. The summed E-state index contributed by atoms with van der Waals surface area (Å²) < 4.78 is 11.0. The first-order chi connectivity index (χ1) is 10.2. The van der Waals surface area contributed by atoms with Crippen molar-refractivity contribution in [1.82, 2.24) is 5.32 Å². The molecule has 3 nitrogen and oxygen atoms in total. The summed E-state index contributed by atoms with van der Waals surface area (Å²) in [5.74, 6) is 1.55. The second kappa shape index (κ2) is 7.34. The van der Waals surface area contributed by atoms with Crippen LogP contribution in [-0.2, 0) is 0 Å². The summed E-state index contributed by atoms with van der Waals surface area (Å²) in [6, 6.07) is 13.8. The molecule has 0 saturated heterocycles. The highest BCUT2D eigenvalue weighted by Gasteiger charge is 2.17. The lowest BCUT2D eigenvalue weighted by atomic mass is 9.97. The SMILES string of the molecule is CCOc1ccccc1C(NC)c1ccc(Cl)c(OC)c1. The summed E-state index contributed by atoms with van der Waals surface area (Å²) in [5, 5.41) is 3.93. The molecular formula is C17H20ClNO2. The molecule has 1 unspecified atom stereocenters. The minimum Gasteiger partial charge on any atom is -0.495 e. The van der Waals surface area contributed by atoms with Crippen LogP contribution in [0.3, 0.4) is 0 Å². The Labute approximate surface area is 130 Å². The molecule has 0 aliphatic rings. The number of halogens is 1. The van der Waals surface area contributed by atoms with Crippen molar-refractivity contribution in [2.75, 3.05) is 20.8 Å². The topological polar surface area (TPSA) is 30.5 Å². The Balaban J connectivity index is 2.44. The van der Waals surface area contributed by atoms with Crippen LogP contribution < -0.4 is 14.8 Å². The van der Waals surface area contributed by atoms with Crippen molar-refractivity contribution >= 4 is 11.6 Å². The smallest absolute Gasteiger partial charge is 0.137 e. The van der Waals surface area contributed by atoms with Crippen LogP contribution >= 0.6 is 11.6 Å². The Bertz CT molecular complexity index is 601. The van der Waals surface area contributed by atoms with Crippen LogP contribution in [-0.4, -0.2) is 20.8 Å². The number of hydrogen-bond donors (Lipinski definition) is 1. The predicted molar refractivity (Wildman–Crippen MR) is 86.5 cm³/mol. The van der Waals surface area contributed by atoms with Gasteiger partial charge in [0.1, 0.15) is 11.5 Å². The molecule has 1 atom stereocenters. The fourth-order valence-corrected chi connectivity index (χ4v) is 2.56. The van der Waals surface area contributed by atoms with Gasteiger partial charge in [0.25, 0.3) is 0 Å². The summed E-state index contributed by atoms with van der Waals surface area (Å²) in [6.07, 6.45) is 0. The van der Waals surface area contributed by atoms with E-state index in [4.69, 9.17) is 21.1 Å². The predicted octanol–water partition coefficient (Wildman–Crippen LogP) is 4.06. The third-order valence-electron chi connectivity index (χ3n) is 3.33. The van der Waals surface area contributed by atoms with E-state index in [1.807, 2.05) is 50.4 Å². The average molecular weight is 306 g/mol. The van der Waals surface area contributed by atoms with Crippen molar-refractivity contribution < 1.29 is 9.47 Å². The molecule has 2 aromatic rings. The van der Waals surface area contributed by atoms with Gasteiger partial charge < -0.3 is 14.8 Å². The van der Waals surface area contributed by atoms with E-state index in [0.29, 0.717) is 17.4 Å². The van der Waals surface area contributed by atoms with Gasteiger partial charge >= 0.3 is 0 Å². The number of para-hydroxylation sites is 1. The first kappa shape index (κ1) is 15.7. The molecular weight excluding hydrogens is 286 g/mol. The van der Waals surface area contributed by atoms with Gasteiger partial charge in [0.15, 0.2) is 0 Å². The van der Waals surface area contributed by atoms with Gasteiger partial charge in [0.2, 0.25) is 0 Å². The van der Waals surface area contributed by atoms with Crippen LogP contribution in [0.15, 0.2) is 42.5 Å². The molecule has 0 aliphatic heterocycles. The third-order valence-corrected chi connectivity index (χ3v) is 3.64. The molecule has 4 heteroatoms. The first-order valence-electron chi connectivity index (χ1n) is 6.93. The highest BCUT2D eigenvalue weighted by molar-refractivity contribution is 6.32. The van der Waals surface area contributed by atoms with E-state index < -0.39 is 0 Å². The summed E-state index contributed by atoms with van der Waals surface area (Å²) in [6.45, 7) is 2.62. The number of ether oxygens (including phenoxy) is 2. The maximum atomic E-state index is 6.10. The van der Waals surface area contributed by atoms with Crippen LogP contribution in [0.5, 0.6) is 11.5 Å². The van der Waals surface area contributed by atoms with E-state index in [9.17, 15) is 0 Å². The lowest BCUT2D eigenvalue weighted by Crippen LogP contribution is -2.18. The number of benzene rings is 2. The van der Waals surface area contributed by atoms with Crippen LogP contribution in [0, 0.1) is 0 Å².